The van der Waals surface area contributed by atoms with Crippen LogP contribution in [0, 0.1) is 11.8 Å². The number of anilines is 1. The van der Waals surface area contributed by atoms with Gasteiger partial charge in [-0.15, -0.1) is 0 Å². The number of rotatable bonds is 5. The molecule has 3 heterocycles. The van der Waals surface area contributed by atoms with Crippen molar-refractivity contribution >= 4 is 17.5 Å². The van der Waals surface area contributed by atoms with E-state index < -0.39 is 5.92 Å². The highest BCUT2D eigenvalue weighted by Gasteiger charge is 2.37. The molecule has 1 aromatic rings. The molecule has 0 saturated carbocycles. The van der Waals surface area contributed by atoms with E-state index in [0.29, 0.717) is 50.1 Å². The lowest BCUT2D eigenvalue weighted by Gasteiger charge is -2.23. The molecule has 0 bridgehead atoms. The molecule has 2 fully saturated rings. The molecule has 2 saturated heterocycles. The molecule has 3 aliphatic heterocycles. The van der Waals surface area contributed by atoms with Crippen LogP contribution in [0.25, 0.3) is 0 Å². The van der Waals surface area contributed by atoms with E-state index in [1.165, 1.54) is 12.8 Å². The van der Waals surface area contributed by atoms with Crippen molar-refractivity contribution in [3.63, 3.8) is 0 Å². The Bertz CT molecular complexity index is 702. The Balaban J connectivity index is 1.32. The van der Waals surface area contributed by atoms with Crippen LogP contribution in [0.1, 0.15) is 25.7 Å². The van der Waals surface area contributed by atoms with Crippen LogP contribution in [0.3, 0.4) is 0 Å². The maximum absolute atomic E-state index is 12.8. The van der Waals surface area contributed by atoms with E-state index in [4.69, 9.17) is 9.47 Å². The molecule has 2 N–H and O–H groups in total. The first-order valence-electron chi connectivity index (χ1n) is 9.92. The normalized spacial score (nSPS) is 24.7. The van der Waals surface area contributed by atoms with Crippen molar-refractivity contribution < 1.29 is 19.1 Å². The highest BCUT2D eigenvalue weighted by Crippen LogP contribution is 2.36. The van der Waals surface area contributed by atoms with E-state index in [-0.39, 0.29) is 11.8 Å². The Kier molecular flexibility index (Phi) is 5.48. The van der Waals surface area contributed by atoms with Crippen LogP contribution in [-0.4, -0.2) is 51.2 Å². The lowest BCUT2D eigenvalue weighted by atomic mass is 9.96. The molecule has 0 spiro atoms. The molecule has 3 aliphatic rings. The Morgan fingerprint density at radius 3 is 2.89 bits per heavy atom. The number of ether oxygens (including phenoxy) is 2. The molecule has 27 heavy (non-hydrogen) atoms. The second-order valence-corrected chi connectivity index (χ2v) is 7.45. The summed E-state index contributed by atoms with van der Waals surface area (Å²) >= 11 is 0. The monoisotopic (exact) mass is 373 g/mol. The van der Waals surface area contributed by atoms with E-state index >= 15 is 0 Å². The molecule has 0 aromatic heterocycles. The Morgan fingerprint density at radius 1 is 1.22 bits per heavy atom. The first-order valence-corrected chi connectivity index (χ1v) is 9.92. The van der Waals surface area contributed by atoms with E-state index in [9.17, 15) is 9.59 Å². The van der Waals surface area contributed by atoms with Gasteiger partial charge in [-0.3, -0.25) is 9.59 Å². The average Bonchev–Trinajstić information content (AvgIpc) is 3.10. The van der Waals surface area contributed by atoms with Gasteiger partial charge in [0.15, 0.2) is 11.5 Å². The lowest BCUT2D eigenvalue weighted by Crippen LogP contribution is -2.38. The van der Waals surface area contributed by atoms with Gasteiger partial charge in [0.1, 0.15) is 19.1 Å². The van der Waals surface area contributed by atoms with Gasteiger partial charge in [0.2, 0.25) is 11.8 Å². The highest BCUT2D eigenvalue weighted by atomic mass is 16.6. The van der Waals surface area contributed by atoms with Gasteiger partial charge < -0.3 is 25.0 Å². The summed E-state index contributed by atoms with van der Waals surface area (Å²) in [4.78, 5) is 26.9. The van der Waals surface area contributed by atoms with E-state index in [1.807, 2.05) is 18.2 Å². The molecular formula is C20H27N3O4. The van der Waals surface area contributed by atoms with Crippen LogP contribution in [0.5, 0.6) is 11.5 Å². The fourth-order valence-corrected chi connectivity index (χ4v) is 4.07. The standard InChI is InChI=1S/C20H27N3O4/c24-19(22-8-5-14-2-1-7-21-13-14)16-6-9-23(20(16)25)15-3-4-17-18(12-15)27-11-10-26-17/h3-4,12,14,16,21H,1-2,5-11,13H2,(H,22,24). The van der Waals surface area contributed by atoms with Gasteiger partial charge in [0.25, 0.3) is 0 Å². The third-order valence-corrected chi connectivity index (χ3v) is 5.61. The minimum absolute atomic E-state index is 0.136. The van der Waals surface area contributed by atoms with Crippen LogP contribution in [0.4, 0.5) is 5.69 Å². The predicted octanol–water partition coefficient (Wildman–Crippen LogP) is 1.32. The second-order valence-electron chi connectivity index (χ2n) is 7.45. The van der Waals surface area contributed by atoms with Crippen molar-refractivity contribution in [3.05, 3.63) is 18.2 Å². The number of hydrogen-bond acceptors (Lipinski definition) is 5. The van der Waals surface area contributed by atoms with Crippen LogP contribution >= 0.6 is 0 Å². The number of nitrogens with one attached hydrogen (secondary N) is 2. The van der Waals surface area contributed by atoms with Gasteiger partial charge in [0, 0.05) is 24.8 Å². The van der Waals surface area contributed by atoms with Crippen molar-refractivity contribution in [1.29, 1.82) is 0 Å². The van der Waals surface area contributed by atoms with Gasteiger partial charge in [0.05, 0.1) is 0 Å². The SMILES string of the molecule is O=C(NCCC1CCCNC1)C1CCN(c2ccc3c(c2)OCCO3)C1=O. The number of amides is 2. The molecule has 1 aromatic carbocycles. The quantitative estimate of drug-likeness (QED) is 0.761. The number of hydrogen-bond donors (Lipinski definition) is 2. The fourth-order valence-electron chi connectivity index (χ4n) is 4.07. The van der Waals surface area contributed by atoms with Crippen LogP contribution in [0.15, 0.2) is 18.2 Å². The molecule has 7 nitrogen and oxygen atoms in total. The van der Waals surface area contributed by atoms with Gasteiger partial charge >= 0.3 is 0 Å². The van der Waals surface area contributed by atoms with E-state index in [0.717, 1.165) is 25.2 Å². The third kappa shape index (κ3) is 4.03. The molecule has 0 aliphatic carbocycles. The smallest absolute Gasteiger partial charge is 0.239 e. The zero-order valence-electron chi connectivity index (χ0n) is 15.5. The second kappa shape index (κ2) is 8.17. The number of nitrogens with zero attached hydrogens (tertiary/aromatic N) is 1. The molecule has 4 rings (SSSR count). The van der Waals surface area contributed by atoms with Crippen molar-refractivity contribution in [2.45, 2.75) is 25.7 Å². The van der Waals surface area contributed by atoms with E-state index in [1.54, 1.807) is 4.90 Å². The zero-order chi connectivity index (χ0) is 18.6. The summed E-state index contributed by atoms with van der Waals surface area (Å²) in [5, 5.41) is 6.35. The predicted molar refractivity (Wildman–Crippen MR) is 101 cm³/mol. The maximum Gasteiger partial charge on any atom is 0.239 e. The topological polar surface area (TPSA) is 79.9 Å². The van der Waals surface area contributed by atoms with Crippen molar-refractivity contribution in [2.24, 2.45) is 11.8 Å². The molecular weight excluding hydrogens is 346 g/mol. The number of benzene rings is 1. The fraction of sp³-hybridized carbons (Fsp3) is 0.600. The summed E-state index contributed by atoms with van der Waals surface area (Å²) in [7, 11) is 0. The molecule has 2 unspecified atom stereocenters. The Morgan fingerprint density at radius 2 is 2.07 bits per heavy atom. The van der Waals surface area contributed by atoms with Crippen molar-refractivity contribution in [1.82, 2.24) is 10.6 Å². The summed E-state index contributed by atoms with van der Waals surface area (Å²) in [6.45, 7) is 4.34. The molecule has 2 atom stereocenters. The summed E-state index contributed by atoms with van der Waals surface area (Å²) in [6.07, 6.45) is 3.92. The summed E-state index contributed by atoms with van der Waals surface area (Å²) in [5.41, 5.74) is 0.757. The lowest BCUT2D eigenvalue weighted by molar-refractivity contribution is -0.132. The largest absolute Gasteiger partial charge is 0.486 e. The number of carbonyl (C=O) groups excluding carboxylic acids is 2. The summed E-state index contributed by atoms with van der Waals surface area (Å²) in [6, 6.07) is 5.49. The molecule has 2 amide bonds. The highest BCUT2D eigenvalue weighted by molar-refractivity contribution is 6.09. The summed E-state index contributed by atoms with van der Waals surface area (Å²) in [5.74, 6) is 1.09. The van der Waals surface area contributed by atoms with Crippen LogP contribution < -0.4 is 25.0 Å². The number of fused-ring (bicyclic) bond motifs is 1. The number of carbonyl (C=O) groups is 2. The van der Waals surface area contributed by atoms with Gasteiger partial charge in [-0.25, -0.2) is 0 Å². The van der Waals surface area contributed by atoms with Crippen LogP contribution in [0.2, 0.25) is 0 Å². The first-order chi connectivity index (χ1) is 13.2. The Labute approximate surface area is 159 Å². The van der Waals surface area contributed by atoms with Gasteiger partial charge in [-0.05, 0) is 56.8 Å². The zero-order valence-corrected chi connectivity index (χ0v) is 15.5. The maximum atomic E-state index is 12.8. The minimum Gasteiger partial charge on any atom is -0.486 e. The minimum atomic E-state index is -0.595. The molecule has 146 valence electrons. The first kappa shape index (κ1) is 18.1. The summed E-state index contributed by atoms with van der Waals surface area (Å²) < 4.78 is 11.1. The van der Waals surface area contributed by atoms with E-state index in [2.05, 4.69) is 10.6 Å². The number of piperidine rings is 1. The average molecular weight is 373 g/mol. The third-order valence-electron chi connectivity index (χ3n) is 5.61. The molecule has 0 radical (unpaired) electrons. The van der Waals surface area contributed by atoms with Crippen molar-refractivity contribution in [2.75, 3.05) is 44.3 Å². The molecule has 7 heteroatoms. The van der Waals surface area contributed by atoms with Crippen molar-refractivity contribution in [3.8, 4) is 11.5 Å². The van der Waals surface area contributed by atoms with Crippen LogP contribution in [-0.2, 0) is 9.59 Å². The Hall–Kier alpha value is -2.28. The van der Waals surface area contributed by atoms with Gasteiger partial charge in [-0.1, -0.05) is 0 Å². The van der Waals surface area contributed by atoms with Gasteiger partial charge in [-0.2, -0.15) is 0 Å².